The number of fused-ring (bicyclic) bond motifs is 2. The van der Waals surface area contributed by atoms with Gasteiger partial charge in [0.05, 0.1) is 44.5 Å². The fourth-order valence-electron chi connectivity index (χ4n) is 9.32. The first-order chi connectivity index (χ1) is 27.3. The second kappa shape index (κ2) is 15.4. The van der Waals surface area contributed by atoms with E-state index >= 15 is 0 Å². The molecule has 14 heteroatoms. The smallest absolute Gasteiger partial charge is 0.329 e. The maximum absolute atomic E-state index is 13.5. The van der Waals surface area contributed by atoms with E-state index in [9.17, 15) is 24.3 Å². The predicted octanol–water partition coefficient (Wildman–Crippen LogP) is 6.13. The summed E-state index contributed by atoms with van der Waals surface area (Å²) in [5, 5.41) is 22.6. The van der Waals surface area contributed by atoms with Crippen molar-refractivity contribution in [2.24, 2.45) is 13.0 Å². The number of halogens is 1. The summed E-state index contributed by atoms with van der Waals surface area (Å²) in [6.07, 6.45) is 8.88. The number of hydrogen-bond donors (Lipinski definition) is 3. The molecule has 3 aromatic carbocycles. The van der Waals surface area contributed by atoms with Gasteiger partial charge in [-0.25, -0.2) is 4.79 Å². The fourth-order valence-corrected chi connectivity index (χ4v) is 9.54. The number of hydrogen-bond acceptors (Lipinski definition) is 8. The first kappa shape index (κ1) is 38.9. The topological polar surface area (TPSA) is 147 Å². The van der Waals surface area contributed by atoms with Crippen molar-refractivity contribution in [3.8, 4) is 0 Å². The van der Waals surface area contributed by atoms with Crippen molar-refractivity contribution in [2.75, 3.05) is 36.9 Å². The molecule has 3 N–H and O–H groups in total. The molecular formula is C43H51ClN8O5. The van der Waals surface area contributed by atoms with Crippen LogP contribution < -0.4 is 21.2 Å². The number of aromatic nitrogens is 4. The van der Waals surface area contributed by atoms with Gasteiger partial charge in [0.2, 0.25) is 11.8 Å². The molecule has 300 valence electrons. The maximum Gasteiger partial charge on any atom is 0.329 e. The standard InChI is InChI=1S/C43H51ClN8O5/c1-43(2,57)31-23-33-27(22-34(31)45-40(54)30-8-5-6-9-32(30)44)25-51(47-33)29-14-12-26(13-15-29)24-48(3)28-18-20-50(21-19-28)35-10-7-11-36-39(35)49(4)42(56)52(36)37-16-17-38(53)46-41(37)55/h5-11,22-23,25-26,28-29,37,57H,12-21,24H2,1-4H3,(H,45,54)(H,46,53,55)/t26-,29-,37?. The van der Waals surface area contributed by atoms with Crippen LogP contribution in [0.4, 0.5) is 11.4 Å². The molecule has 2 aliphatic heterocycles. The molecule has 5 aromatic rings. The van der Waals surface area contributed by atoms with E-state index < -0.39 is 17.6 Å². The summed E-state index contributed by atoms with van der Waals surface area (Å²) < 4.78 is 5.27. The van der Waals surface area contributed by atoms with Gasteiger partial charge in [0.1, 0.15) is 6.04 Å². The molecule has 4 heterocycles. The quantitative estimate of drug-likeness (QED) is 0.151. The van der Waals surface area contributed by atoms with Crippen LogP contribution in [0.3, 0.4) is 0 Å². The molecule has 13 nitrogen and oxygen atoms in total. The molecule has 1 atom stereocenters. The lowest BCUT2D eigenvalue weighted by Crippen LogP contribution is -2.45. The highest BCUT2D eigenvalue weighted by molar-refractivity contribution is 6.34. The van der Waals surface area contributed by atoms with Crippen molar-refractivity contribution < 1.29 is 19.5 Å². The minimum atomic E-state index is -1.21. The number of carbonyl (C=O) groups excluding carboxylic acids is 3. The van der Waals surface area contributed by atoms with E-state index in [1.165, 1.54) is 0 Å². The van der Waals surface area contributed by atoms with Gasteiger partial charge >= 0.3 is 5.69 Å². The molecule has 0 bridgehead atoms. The predicted molar refractivity (Wildman–Crippen MR) is 222 cm³/mol. The third kappa shape index (κ3) is 7.60. The number of anilines is 2. The van der Waals surface area contributed by atoms with Gasteiger partial charge < -0.3 is 20.2 Å². The summed E-state index contributed by atoms with van der Waals surface area (Å²) in [6, 6.07) is 16.6. The van der Waals surface area contributed by atoms with E-state index in [-0.39, 0.29) is 30.0 Å². The summed E-state index contributed by atoms with van der Waals surface area (Å²) in [7, 11) is 4.01. The monoisotopic (exact) mass is 794 g/mol. The molecule has 1 saturated carbocycles. The number of amides is 3. The zero-order chi connectivity index (χ0) is 40.2. The number of nitrogens with one attached hydrogen (secondary N) is 2. The highest BCUT2D eigenvalue weighted by Crippen LogP contribution is 2.37. The molecule has 3 aliphatic rings. The highest BCUT2D eigenvalue weighted by atomic mass is 35.5. The third-order valence-electron chi connectivity index (χ3n) is 12.5. The number of aryl methyl sites for hydroxylation is 1. The average molecular weight is 795 g/mol. The van der Waals surface area contributed by atoms with E-state index in [2.05, 4.69) is 44.4 Å². The van der Waals surface area contributed by atoms with E-state index in [4.69, 9.17) is 16.7 Å². The van der Waals surface area contributed by atoms with Crippen LogP contribution in [-0.4, -0.2) is 79.4 Å². The minimum absolute atomic E-state index is 0.214. The normalized spacial score (nSPS) is 21.1. The van der Waals surface area contributed by atoms with Gasteiger partial charge in [0.15, 0.2) is 0 Å². The SMILES string of the molecule is CN(C[C@H]1CC[C@H](n2cc3cc(NC(=O)c4ccccc4Cl)c(C(C)(C)O)cc3n2)CC1)C1CCN(c2cccc3c2n(C)c(=O)n3C2CCC(=O)NC2=O)CC1. The minimum Gasteiger partial charge on any atom is -0.386 e. The van der Waals surface area contributed by atoms with Crippen molar-refractivity contribution in [1.29, 1.82) is 0 Å². The van der Waals surface area contributed by atoms with Crippen LogP contribution in [0.15, 0.2) is 65.6 Å². The van der Waals surface area contributed by atoms with E-state index in [0.29, 0.717) is 45.7 Å². The highest BCUT2D eigenvalue weighted by Gasteiger charge is 2.33. The molecule has 0 spiro atoms. The van der Waals surface area contributed by atoms with Crippen LogP contribution in [0.5, 0.6) is 0 Å². The van der Waals surface area contributed by atoms with Gasteiger partial charge in [-0.3, -0.25) is 33.5 Å². The zero-order valence-electron chi connectivity index (χ0n) is 33.0. The first-order valence-corrected chi connectivity index (χ1v) is 20.4. The number of carbonyl (C=O) groups is 3. The molecule has 2 saturated heterocycles. The van der Waals surface area contributed by atoms with Gasteiger partial charge in [-0.1, -0.05) is 29.8 Å². The Labute approximate surface area is 336 Å². The van der Waals surface area contributed by atoms with E-state index in [1.807, 2.05) is 24.3 Å². The molecule has 1 unspecified atom stereocenters. The zero-order valence-corrected chi connectivity index (χ0v) is 33.8. The summed E-state index contributed by atoms with van der Waals surface area (Å²) in [5.41, 5.74) is 3.35. The van der Waals surface area contributed by atoms with E-state index in [0.717, 1.165) is 80.3 Å². The lowest BCUT2D eigenvalue weighted by Gasteiger charge is -2.40. The Balaban J connectivity index is 0.885. The van der Waals surface area contributed by atoms with Crippen LogP contribution in [0, 0.1) is 5.92 Å². The number of aliphatic hydroxyl groups is 1. The largest absolute Gasteiger partial charge is 0.386 e. The molecule has 0 radical (unpaired) electrons. The van der Waals surface area contributed by atoms with Crippen molar-refractivity contribution in [1.82, 2.24) is 29.1 Å². The second-order valence-corrected chi connectivity index (χ2v) is 17.1. The molecule has 3 amide bonds. The number of para-hydroxylation sites is 1. The van der Waals surface area contributed by atoms with Crippen molar-refractivity contribution in [3.63, 3.8) is 0 Å². The lowest BCUT2D eigenvalue weighted by atomic mass is 9.85. The van der Waals surface area contributed by atoms with Crippen LogP contribution in [0.2, 0.25) is 5.02 Å². The van der Waals surface area contributed by atoms with Crippen LogP contribution in [-0.2, 0) is 22.2 Å². The molecule has 2 aromatic heterocycles. The lowest BCUT2D eigenvalue weighted by molar-refractivity contribution is -0.135. The van der Waals surface area contributed by atoms with Crippen molar-refractivity contribution in [3.05, 3.63) is 87.4 Å². The first-order valence-electron chi connectivity index (χ1n) is 20.1. The fraction of sp³-hybridized carbons (Fsp3) is 0.465. The van der Waals surface area contributed by atoms with E-state index in [1.54, 1.807) is 54.3 Å². The van der Waals surface area contributed by atoms with Crippen LogP contribution in [0.25, 0.3) is 21.9 Å². The molecule has 57 heavy (non-hydrogen) atoms. The summed E-state index contributed by atoms with van der Waals surface area (Å²) in [5.74, 6) is -0.463. The van der Waals surface area contributed by atoms with Crippen molar-refractivity contribution >= 4 is 62.6 Å². The molecule has 3 fully saturated rings. The number of imide groups is 1. The Morgan fingerprint density at radius 3 is 2.44 bits per heavy atom. The Morgan fingerprint density at radius 1 is 1.00 bits per heavy atom. The second-order valence-electron chi connectivity index (χ2n) is 16.7. The summed E-state index contributed by atoms with van der Waals surface area (Å²) in [6.45, 7) is 6.18. The third-order valence-corrected chi connectivity index (χ3v) is 12.8. The van der Waals surface area contributed by atoms with Crippen LogP contribution >= 0.6 is 11.6 Å². The van der Waals surface area contributed by atoms with Gasteiger partial charge in [0.25, 0.3) is 5.91 Å². The van der Waals surface area contributed by atoms with Crippen LogP contribution in [0.1, 0.15) is 93.2 Å². The molecule has 1 aliphatic carbocycles. The summed E-state index contributed by atoms with van der Waals surface area (Å²) >= 11 is 6.30. The summed E-state index contributed by atoms with van der Waals surface area (Å²) in [4.78, 5) is 56.1. The number of rotatable bonds is 9. The van der Waals surface area contributed by atoms with Crippen molar-refractivity contribution in [2.45, 2.75) is 88.9 Å². The Kier molecular flexibility index (Phi) is 10.5. The average Bonchev–Trinajstić information content (AvgIpc) is 3.72. The Morgan fingerprint density at radius 2 is 1.74 bits per heavy atom. The number of imidazole rings is 1. The number of piperidine rings is 2. The Bertz CT molecular complexity index is 2410. The van der Waals surface area contributed by atoms with Gasteiger partial charge in [-0.15, -0.1) is 0 Å². The molecular weight excluding hydrogens is 744 g/mol. The molecule has 8 rings (SSSR count). The Hall–Kier alpha value is -4.98. The van der Waals surface area contributed by atoms with Gasteiger partial charge in [-0.05, 0) is 108 Å². The maximum atomic E-state index is 13.5. The number of benzene rings is 3. The van der Waals surface area contributed by atoms with Gasteiger partial charge in [-0.2, -0.15) is 5.10 Å². The van der Waals surface area contributed by atoms with Gasteiger partial charge in [0, 0.05) is 62.0 Å². The number of nitrogens with zero attached hydrogens (tertiary/aromatic N) is 6.